The first-order valence-corrected chi connectivity index (χ1v) is 5.73. The predicted molar refractivity (Wildman–Crippen MR) is 58.0 cm³/mol. The lowest BCUT2D eigenvalue weighted by atomic mass is 9.98. The summed E-state index contributed by atoms with van der Waals surface area (Å²) in [7, 11) is 0. The molecule has 0 aliphatic carbocycles. The average molecular weight is 229 g/mol. The van der Waals surface area contributed by atoms with Gasteiger partial charge in [-0.1, -0.05) is 6.92 Å². The van der Waals surface area contributed by atoms with Crippen molar-refractivity contribution in [1.29, 1.82) is 0 Å². The summed E-state index contributed by atoms with van der Waals surface area (Å²) in [6, 6.07) is -0.257. The van der Waals surface area contributed by atoms with Crippen molar-refractivity contribution in [3.63, 3.8) is 0 Å². The summed E-state index contributed by atoms with van der Waals surface area (Å²) in [5.74, 6) is -0.924. The van der Waals surface area contributed by atoms with Crippen LogP contribution in [0.5, 0.6) is 0 Å². The monoisotopic (exact) mass is 229 g/mol. The van der Waals surface area contributed by atoms with Gasteiger partial charge >= 0.3 is 5.97 Å². The predicted octanol–water partition coefficient (Wildman–Crippen LogP) is 0.782. The second-order valence-electron chi connectivity index (χ2n) is 4.10. The number of carboxylic acid groups (broad SMARTS) is 1. The van der Waals surface area contributed by atoms with Crippen molar-refractivity contribution in [2.75, 3.05) is 13.2 Å². The van der Waals surface area contributed by atoms with Crippen LogP contribution in [0.1, 0.15) is 32.6 Å². The van der Waals surface area contributed by atoms with Crippen molar-refractivity contribution >= 4 is 11.9 Å². The van der Waals surface area contributed by atoms with Gasteiger partial charge in [0.2, 0.25) is 5.91 Å². The van der Waals surface area contributed by atoms with E-state index in [1.54, 1.807) is 0 Å². The highest BCUT2D eigenvalue weighted by atomic mass is 16.5. The SMILES string of the molecule is CCC(CC(=O)O)NC(=O)C1CCOCC1. The summed E-state index contributed by atoms with van der Waals surface area (Å²) in [6.45, 7) is 3.11. The summed E-state index contributed by atoms with van der Waals surface area (Å²) in [4.78, 5) is 22.3. The number of carbonyl (C=O) groups is 2. The van der Waals surface area contributed by atoms with E-state index < -0.39 is 5.97 Å². The Hall–Kier alpha value is -1.10. The van der Waals surface area contributed by atoms with Gasteiger partial charge in [-0.3, -0.25) is 9.59 Å². The number of ether oxygens (including phenoxy) is 1. The number of aliphatic carboxylic acids is 1. The highest BCUT2D eigenvalue weighted by Crippen LogP contribution is 2.15. The van der Waals surface area contributed by atoms with E-state index in [1.165, 1.54) is 0 Å². The molecule has 0 spiro atoms. The molecule has 92 valence electrons. The number of nitrogens with one attached hydrogen (secondary N) is 1. The maximum atomic E-state index is 11.8. The van der Waals surface area contributed by atoms with Gasteiger partial charge in [0.15, 0.2) is 0 Å². The molecule has 1 saturated heterocycles. The van der Waals surface area contributed by atoms with Crippen LogP contribution in [0.4, 0.5) is 0 Å². The van der Waals surface area contributed by atoms with E-state index >= 15 is 0 Å². The second-order valence-corrected chi connectivity index (χ2v) is 4.10. The topological polar surface area (TPSA) is 75.6 Å². The van der Waals surface area contributed by atoms with Crippen molar-refractivity contribution in [3.8, 4) is 0 Å². The molecule has 0 saturated carbocycles. The van der Waals surface area contributed by atoms with E-state index in [9.17, 15) is 9.59 Å². The molecule has 1 heterocycles. The fourth-order valence-electron chi connectivity index (χ4n) is 1.79. The Morgan fingerprint density at radius 3 is 2.56 bits per heavy atom. The average Bonchev–Trinajstić information content (AvgIpc) is 2.28. The van der Waals surface area contributed by atoms with Gasteiger partial charge in [-0.05, 0) is 19.3 Å². The van der Waals surface area contributed by atoms with Crippen LogP contribution in [0.15, 0.2) is 0 Å². The molecule has 1 atom stereocenters. The molecule has 0 aromatic carbocycles. The standard InChI is InChI=1S/C11H19NO4/c1-2-9(7-10(13)14)12-11(15)8-3-5-16-6-4-8/h8-9H,2-7H2,1H3,(H,12,15)(H,13,14). The quantitative estimate of drug-likeness (QED) is 0.730. The number of hydrogen-bond acceptors (Lipinski definition) is 3. The normalized spacial score (nSPS) is 19.1. The maximum absolute atomic E-state index is 11.8. The van der Waals surface area contributed by atoms with Crippen LogP contribution < -0.4 is 5.32 Å². The second kappa shape index (κ2) is 6.48. The van der Waals surface area contributed by atoms with Crippen LogP contribution in [0.2, 0.25) is 0 Å². The Morgan fingerprint density at radius 1 is 1.44 bits per heavy atom. The molecule has 16 heavy (non-hydrogen) atoms. The third-order valence-electron chi connectivity index (χ3n) is 2.85. The molecule has 1 unspecified atom stereocenters. The molecule has 1 fully saturated rings. The van der Waals surface area contributed by atoms with Crippen molar-refractivity contribution in [2.24, 2.45) is 5.92 Å². The molecule has 1 aliphatic rings. The zero-order chi connectivity index (χ0) is 12.0. The lowest BCUT2D eigenvalue weighted by Gasteiger charge is -2.23. The van der Waals surface area contributed by atoms with E-state index in [4.69, 9.17) is 9.84 Å². The van der Waals surface area contributed by atoms with Crippen LogP contribution >= 0.6 is 0 Å². The van der Waals surface area contributed by atoms with E-state index in [1.807, 2.05) is 6.92 Å². The summed E-state index contributed by atoms with van der Waals surface area (Å²) < 4.78 is 5.17. The molecule has 5 heteroatoms. The molecule has 0 aromatic rings. The summed E-state index contributed by atoms with van der Waals surface area (Å²) in [5.41, 5.74) is 0. The molecular formula is C11H19NO4. The van der Waals surface area contributed by atoms with E-state index in [2.05, 4.69) is 5.32 Å². The van der Waals surface area contributed by atoms with Crippen molar-refractivity contribution in [3.05, 3.63) is 0 Å². The van der Waals surface area contributed by atoms with Gasteiger partial charge in [-0.15, -0.1) is 0 Å². The molecule has 1 rings (SSSR count). The molecule has 1 aliphatic heterocycles. The number of carboxylic acids is 1. The van der Waals surface area contributed by atoms with Gasteiger partial charge in [0, 0.05) is 25.2 Å². The number of amides is 1. The van der Waals surface area contributed by atoms with E-state index in [0.717, 1.165) is 12.8 Å². The Labute approximate surface area is 95.2 Å². The molecule has 5 nitrogen and oxygen atoms in total. The lowest BCUT2D eigenvalue weighted by Crippen LogP contribution is -2.41. The van der Waals surface area contributed by atoms with E-state index in [-0.39, 0.29) is 24.3 Å². The molecular weight excluding hydrogens is 210 g/mol. The number of carbonyl (C=O) groups excluding carboxylic acids is 1. The van der Waals surface area contributed by atoms with Gasteiger partial charge in [0.05, 0.1) is 6.42 Å². The van der Waals surface area contributed by atoms with Gasteiger partial charge in [-0.2, -0.15) is 0 Å². The lowest BCUT2D eigenvalue weighted by molar-refractivity contribution is -0.138. The highest BCUT2D eigenvalue weighted by Gasteiger charge is 2.23. The minimum Gasteiger partial charge on any atom is -0.481 e. The van der Waals surface area contributed by atoms with Crippen LogP contribution in [0.25, 0.3) is 0 Å². The van der Waals surface area contributed by atoms with Gasteiger partial charge in [0.25, 0.3) is 0 Å². The first kappa shape index (κ1) is 13.0. The fraction of sp³-hybridized carbons (Fsp3) is 0.818. The Balaban J connectivity index is 2.38. The van der Waals surface area contributed by atoms with Crippen LogP contribution in [0.3, 0.4) is 0 Å². The largest absolute Gasteiger partial charge is 0.481 e. The zero-order valence-corrected chi connectivity index (χ0v) is 9.57. The molecule has 2 N–H and O–H groups in total. The van der Waals surface area contributed by atoms with Crippen LogP contribution in [-0.2, 0) is 14.3 Å². The first-order valence-electron chi connectivity index (χ1n) is 5.73. The molecule has 1 amide bonds. The minimum absolute atomic E-state index is 0.00847. The fourth-order valence-corrected chi connectivity index (χ4v) is 1.79. The Morgan fingerprint density at radius 2 is 2.06 bits per heavy atom. The molecule has 0 bridgehead atoms. The Bertz CT molecular complexity index is 248. The van der Waals surface area contributed by atoms with Gasteiger partial charge in [-0.25, -0.2) is 0 Å². The number of rotatable bonds is 5. The smallest absolute Gasteiger partial charge is 0.305 e. The summed E-state index contributed by atoms with van der Waals surface area (Å²) >= 11 is 0. The summed E-state index contributed by atoms with van der Waals surface area (Å²) in [6.07, 6.45) is 2.09. The van der Waals surface area contributed by atoms with Gasteiger partial charge < -0.3 is 15.2 Å². The van der Waals surface area contributed by atoms with E-state index in [0.29, 0.717) is 19.6 Å². The number of hydrogen-bond donors (Lipinski definition) is 2. The Kier molecular flexibility index (Phi) is 5.25. The van der Waals surface area contributed by atoms with Crippen LogP contribution in [0, 0.1) is 5.92 Å². The third kappa shape index (κ3) is 4.18. The highest BCUT2D eigenvalue weighted by molar-refractivity contribution is 5.79. The minimum atomic E-state index is -0.876. The summed E-state index contributed by atoms with van der Waals surface area (Å²) in [5, 5.41) is 11.5. The zero-order valence-electron chi connectivity index (χ0n) is 9.57. The van der Waals surface area contributed by atoms with Crippen molar-refractivity contribution in [1.82, 2.24) is 5.32 Å². The first-order chi connectivity index (χ1) is 7.63. The van der Waals surface area contributed by atoms with Gasteiger partial charge in [0.1, 0.15) is 0 Å². The van der Waals surface area contributed by atoms with Crippen LogP contribution in [-0.4, -0.2) is 36.2 Å². The van der Waals surface area contributed by atoms with Crippen molar-refractivity contribution < 1.29 is 19.4 Å². The van der Waals surface area contributed by atoms with Crippen molar-refractivity contribution in [2.45, 2.75) is 38.6 Å². The molecule has 0 aromatic heterocycles. The molecule has 0 radical (unpaired) electrons. The maximum Gasteiger partial charge on any atom is 0.305 e. The third-order valence-corrected chi connectivity index (χ3v) is 2.85.